The Hall–Kier alpha value is -3.61. The Morgan fingerprint density at radius 3 is 2.58 bits per heavy atom. The quantitative estimate of drug-likeness (QED) is 0.504. The van der Waals surface area contributed by atoms with Crippen LogP contribution >= 0.6 is 0 Å². The fourth-order valence-corrected chi connectivity index (χ4v) is 5.30. The Kier molecular flexibility index (Phi) is 6.33. The van der Waals surface area contributed by atoms with Crippen molar-refractivity contribution >= 4 is 21.6 Å². The lowest BCUT2D eigenvalue weighted by Gasteiger charge is -2.33. The van der Waals surface area contributed by atoms with Crippen LogP contribution in [-0.2, 0) is 22.8 Å². The summed E-state index contributed by atoms with van der Waals surface area (Å²) in [5.74, 6) is -1.38. The highest BCUT2D eigenvalue weighted by Gasteiger charge is 2.30. The number of rotatable bonds is 5. The average Bonchev–Trinajstić information content (AvgIpc) is 3.52. The van der Waals surface area contributed by atoms with Gasteiger partial charge in [-0.1, -0.05) is 6.07 Å². The SMILES string of the molecule is O=C(N1CCS(=O)(=O)CC1)N(Cc1ccc(-c2nnc(C(F)F)o2)cc1F)c1ccc2c(c1)CCO2. The molecule has 0 N–H and O–H groups in total. The Morgan fingerprint density at radius 1 is 1.11 bits per heavy atom. The van der Waals surface area contributed by atoms with E-state index in [2.05, 4.69) is 10.2 Å². The Bertz CT molecular complexity index is 1400. The molecule has 190 valence electrons. The molecule has 13 heteroatoms. The molecule has 0 unspecified atom stereocenters. The minimum Gasteiger partial charge on any atom is -0.493 e. The molecule has 0 radical (unpaired) electrons. The number of nitrogens with zero attached hydrogens (tertiary/aromatic N) is 4. The van der Waals surface area contributed by atoms with Gasteiger partial charge in [-0.3, -0.25) is 4.90 Å². The summed E-state index contributed by atoms with van der Waals surface area (Å²) < 4.78 is 74.7. The molecule has 2 aliphatic rings. The van der Waals surface area contributed by atoms with Crippen molar-refractivity contribution < 1.29 is 35.5 Å². The lowest BCUT2D eigenvalue weighted by Crippen LogP contribution is -2.49. The number of ether oxygens (including phenoxy) is 1. The molecule has 0 atom stereocenters. The van der Waals surface area contributed by atoms with E-state index in [0.717, 1.165) is 11.6 Å². The smallest absolute Gasteiger partial charge is 0.324 e. The molecule has 2 amide bonds. The molecule has 0 spiro atoms. The maximum absolute atomic E-state index is 15.1. The summed E-state index contributed by atoms with van der Waals surface area (Å²) in [5.41, 5.74) is 1.69. The van der Waals surface area contributed by atoms with Crippen molar-refractivity contribution in [1.82, 2.24) is 15.1 Å². The fraction of sp³-hybridized carbons (Fsp3) is 0.348. The van der Waals surface area contributed by atoms with Crippen LogP contribution in [-0.4, -0.2) is 60.7 Å². The van der Waals surface area contributed by atoms with E-state index in [1.807, 2.05) is 0 Å². The van der Waals surface area contributed by atoms with Crippen molar-refractivity contribution in [3.05, 3.63) is 59.2 Å². The lowest BCUT2D eigenvalue weighted by atomic mass is 10.1. The Morgan fingerprint density at radius 2 is 1.89 bits per heavy atom. The summed E-state index contributed by atoms with van der Waals surface area (Å²) in [4.78, 5) is 16.3. The van der Waals surface area contributed by atoms with E-state index in [9.17, 15) is 22.0 Å². The van der Waals surface area contributed by atoms with Crippen molar-refractivity contribution in [1.29, 1.82) is 0 Å². The van der Waals surface area contributed by atoms with Crippen LogP contribution in [0, 0.1) is 5.82 Å². The van der Waals surface area contributed by atoms with E-state index >= 15 is 4.39 Å². The number of carbonyl (C=O) groups excluding carboxylic acids is 1. The maximum atomic E-state index is 15.1. The van der Waals surface area contributed by atoms with Gasteiger partial charge in [0.25, 0.3) is 5.89 Å². The zero-order valence-corrected chi connectivity index (χ0v) is 19.7. The number of hydrogen-bond acceptors (Lipinski definition) is 7. The van der Waals surface area contributed by atoms with Crippen molar-refractivity contribution in [2.24, 2.45) is 0 Å². The molecule has 3 aromatic rings. The highest BCUT2D eigenvalue weighted by molar-refractivity contribution is 7.91. The molecule has 5 rings (SSSR count). The minimum absolute atomic E-state index is 0.0385. The number of halogens is 3. The van der Waals surface area contributed by atoms with Crippen LogP contribution in [0.5, 0.6) is 5.75 Å². The van der Waals surface area contributed by atoms with E-state index in [1.54, 1.807) is 18.2 Å². The number of amides is 2. The van der Waals surface area contributed by atoms with Crippen LogP contribution in [0.15, 0.2) is 40.8 Å². The molecule has 36 heavy (non-hydrogen) atoms. The van der Waals surface area contributed by atoms with Gasteiger partial charge in [-0.25, -0.2) is 17.6 Å². The number of carbonyl (C=O) groups is 1. The predicted octanol–water partition coefficient (Wildman–Crippen LogP) is 3.61. The Balaban J connectivity index is 1.44. The summed E-state index contributed by atoms with van der Waals surface area (Å²) in [7, 11) is -3.20. The number of sulfone groups is 1. The summed E-state index contributed by atoms with van der Waals surface area (Å²) in [6.07, 6.45) is -2.28. The lowest BCUT2D eigenvalue weighted by molar-refractivity contribution is 0.116. The molecule has 1 saturated heterocycles. The van der Waals surface area contributed by atoms with Crippen molar-refractivity contribution in [3.63, 3.8) is 0 Å². The molecule has 2 aliphatic heterocycles. The first kappa shape index (κ1) is 24.1. The third kappa shape index (κ3) is 4.87. The molecule has 1 aromatic heterocycles. The molecule has 1 fully saturated rings. The van der Waals surface area contributed by atoms with Gasteiger partial charge < -0.3 is 14.1 Å². The summed E-state index contributed by atoms with van der Waals surface area (Å²) in [5, 5.41) is 6.77. The van der Waals surface area contributed by atoms with Gasteiger partial charge in [0.1, 0.15) is 11.6 Å². The predicted molar refractivity (Wildman–Crippen MR) is 122 cm³/mol. The number of hydrogen-bond donors (Lipinski definition) is 0. The van der Waals surface area contributed by atoms with Gasteiger partial charge in [0.15, 0.2) is 9.84 Å². The second-order valence-electron chi connectivity index (χ2n) is 8.45. The van der Waals surface area contributed by atoms with Crippen LogP contribution in [0.4, 0.5) is 23.7 Å². The molecule has 0 saturated carbocycles. The molecule has 9 nitrogen and oxygen atoms in total. The van der Waals surface area contributed by atoms with E-state index in [4.69, 9.17) is 9.15 Å². The van der Waals surface area contributed by atoms with Gasteiger partial charge in [0, 0.05) is 36.3 Å². The summed E-state index contributed by atoms with van der Waals surface area (Å²) >= 11 is 0. The number of fused-ring (bicyclic) bond motifs is 1. The van der Waals surface area contributed by atoms with Gasteiger partial charge in [-0.15, -0.1) is 10.2 Å². The van der Waals surface area contributed by atoms with E-state index in [1.165, 1.54) is 21.9 Å². The van der Waals surface area contributed by atoms with Gasteiger partial charge in [0.05, 0.1) is 24.7 Å². The number of aromatic nitrogens is 2. The van der Waals surface area contributed by atoms with Gasteiger partial charge in [0.2, 0.25) is 5.89 Å². The zero-order chi connectivity index (χ0) is 25.4. The second kappa shape index (κ2) is 9.45. The van der Waals surface area contributed by atoms with Crippen LogP contribution in [0.1, 0.15) is 23.4 Å². The van der Waals surface area contributed by atoms with Crippen LogP contribution in [0.3, 0.4) is 0 Å². The first-order valence-corrected chi connectivity index (χ1v) is 13.0. The maximum Gasteiger partial charge on any atom is 0.324 e. The van der Waals surface area contributed by atoms with Gasteiger partial charge in [-0.2, -0.15) is 8.78 Å². The van der Waals surface area contributed by atoms with Gasteiger partial charge >= 0.3 is 12.5 Å². The van der Waals surface area contributed by atoms with Crippen LogP contribution in [0.2, 0.25) is 0 Å². The fourth-order valence-electron chi connectivity index (χ4n) is 4.10. The van der Waals surface area contributed by atoms with E-state index in [0.29, 0.717) is 24.5 Å². The molecular formula is C23H21F3N4O5S. The minimum atomic E-state index is -3.20. The molecule has 0 bridgehead atoms. The number of benzene rings is 2. The third-order valence-corrected chi connectivity index (χ3v) is 7.70. The molecule has 2 aromatic carbocycles. The normalized spacial score (nSPS) is 16.6. The van der Waals surface area contributed by atoms with Crippen LogP contribution in [0.25, 0.3) is 11.5 Å². The molecule has 0 aliphatic carbocycles. The molecule has 3 heterocycles. The average molecular weight is 523 g/mol. The zero-order valence-electron chi connectivity index (χ0n) is 18.9. The third-order valence-electron chi connectivity index (χ3n) is 6.09. The topological polar surface area (TPSA) is 106 Å². The van der Waals surface area contributed by atoms with E-state index < -0.39 is 34.0 Å². The highest BCUT2D eigenvalue weighted by atomic mass is 32.2. The number of urea groups is 1. The monoisotopic (exact) mass is 522 g/mol. The van der Waals surface area contributed by atoms with Gasteiger partial charge in [-0.05, 0) is 35.9 Å². The van der Waals surface area contributed by atoms with Crippen molar-refractivity contribution in [2.75, 3.05) is 36.1 Å². The van der Waals surface area contributed by atoms with E-state index in [-0.39, 0.29) is 48.2 Å². The summed E-state index contributed by atoms with van der Waals surface area (Å²) in [6, 6.07) is 8.71. The Labute approximate surface area is 204 Å². The standard InChI is InChI=1S/C23H21F3N4O5S/c24-18-12-15(21-27-28-22(35-21)20(25)26)1-2-16(18)13-30(17-3-4-19-14(11-17)5-8-34-19)23(31)29-6-9-36(32,33)10-7-29/h1-4,11-12,20H,5-10,13H2. The summed E-state index contributed by atoms with van der Waals surface area (Å²) in [6.45, 7) is 0.448. The number of alkyl halides is 2. The number of anilines is 1. The molecular weight excluding hydrogens is 501 g/mol. The largest absolute Gasteiger partial charge is 0.493 e. The first-order chi connectivity index (χ1) is 17.2. The highest BCUT2D eigenvalue weighted by Crippen LogP contribution is 2.32. The van der Waals surface area contributed by atoms with Crippen molar-refractivity contribution in [3.8, 4) is 17.2 Å². The first-order valence-electron chi connectivity index (χ1n) is 11.1. The van der Waals surface area contributed by atoms with Crippen molar-refractivity contribution in [2.45, 2.75) is 19.4 Å². The van der Waals surface area contributed by atoms with Crippen LogP contribution < -0.4 is 9.64 Å². The second-order valence-corrected chi connectivity index (χ2v) is 10.8.